The van der Waals surface area contributed by atoms with Gasteiger partial charge in [-0.25, -0.2) is 4.39 Å². The van der Waals surface area contributed by atoms with Gasteiger partial charge in [-0.2, -0.15) is 0 Å². The zero-order valence-corrected chi connectivity index (χ0v) is 10.8. The number of likely N-dealkylation sites (tertiary alicyclic amines) is 1. The molecule has 1 aromatic heterocycles. The molecule has 3 rings (SSSR count). The van der Waals surface area contributed by atoms with Gasteiger partial charge in [0.25, 0.3) is 0 Å². The summed E-state index contributed by atoms with van der Waals surface area (Å²) in [6.45, 7) is 2.13. The van der Waals surface area contributed by atoms with Crippen molar-refractivity contribution in [1.29, 1.82) is 0 Å². The van der Waals surface area contributed by atoms with E-state index in [0.29, 0.717) is 6.04 Å². The number of nitrogens with zero attached hydrogens (tertiary/aromatic N) is 2. The Kier molecular flexibility index (Phi) is 3.56. The molecule has 1 aliphatic heterocycles. The maximum atomic E-state index is 12.9. The second-order valence-corrected chi connectivity index (χ2v) is 4.96. The summed E-state index contributed by atoms with van der Waals surface area (Å²) in [7, 11) is 0. The first kappa shape index (κ1) is 12.3. The van der Waals surface area contributed by atoms with Gasteiger partial charge >= 0.3 is 0 Å². The SMILES string of the molecule is Fc1ccc([C@@H]2CCN2CCc2ccccn2)cc1. The molecule has 0 unspecified atom stereocenters. The van der Waals surface area contributed by atoms with Crippen LogP contribution < -0.4 is 0 Å². The van der Waals surface area contributed by atoms with Gasteiger partial charge in [0.05, 0.1) is 0 Å². The van der Waals surface area contributed by atoms with Gasteiger partial charge in [-0.3, -0.25) is 9.88 Å². The van der Waals surface area contributed by atoms with Gasteiger partial charge < -0.3 is 0 Å². The molecule has 2 aromatic rings. The second-order valence-electron chi connectivity index (χ2n) is 4.96. The van der Waals surface area contributed by atoms with Crippen molar-refractivity contribution in [2.24, 2.45) is 0 Å². The average molecular weight is 256 g/mol. The Labute approximate surface area is 112 Å². The van der Waals surface area contributed by atoms with Gasteiger partial charge in [0.15, 0.2) is 0 Å². The molecule has 1 saturated heterocycles. The highest BCUT2D eigenvalue weighted by Gasteiger charge is 2.28. The lowest BCUT2D eigenvalue weighted by Crippen LogP contribution is -2.42. The van der Waals surface area contributed by atoms with E-state index in [9.17, 15) is 4.39 Å². The molecule has 1 atom stereocenters. The highest BCUT2D eigenvalue weighted by atomic mass is 19.1. The molecular weight excluding hydrogens is 239 g/mol. The van der Waals surface area contributed by atoms with Crippen LogP contribution in [0.3, 0.4) is 0 Å². The number of benzene rings is 1. The molecule has 0 aliphatic carbocycles. The summed E-state index contributed by atoms with van der Waals surface area (Å²) in [4.78, 5) is 6.77. The second kappa shape index (κ2) is 5.49. The average Bonchev–Trinajstić information content (AvgIpc) is 2.41. The molecule has 0 bridgehead atoms. The maximum absolute atomic E-state index is 12.9. The zero-order valence-electron chi connectivity index (χ0n) is 10.8. The molecule has 0 spiro atoms. The van der Waals surface area contributed by atoms with Crippen LogP contribution >= 0.6 is 0 Å². The molecular formula is C16H17FN2. The standard InChI is InChI=1S/C16H17FN2/c17-14-6-4-13(5-7-14)16-9-12-19(16)11-8-15-3-1-2-10-18-15/h1-7,10,16H,8-9,11-12H2/t16-/m0/s1. The van der Waals surface area contributed by atoms with Crippen LogP contribution in [0.4, 0.5) is 4.39 Å². The van der Waals surface area contributed by atoms with E-state index in [1.165, 1.54) is 5.56 Å². The first-order valence-corrected chi connectivity index (χ1v) is 6.72. The first-order chi connectivity index (χ1) is 9.33. The van der Waals surface area contributed by atoms with Crippen molar-refractivity contribution in [2.75, 3.05) is 13.1 Å². The molecule has 0 saturated carbocycles. The fraction of sp³-hybridized carbons (Fsp3) is 0.312. The minimum atomic E-state index is -0.164. The van der Waals surface area contributed by atoms with Crippen LogP contribution in [0.15, 0.2) is 48.7 Å². The van der Waals surface area contributed by atoms with E-state index < -0.39 is 0 Å². The Morgan fingerprint density at radius 1 is 1.16 bits per heavy atom. The van der Waals surface area contributed by atoms with Crippen molar-refractivity contribution >= 4 is 0 Å². The van der Waals surface area contributed by atoms with Crippen molar-refractivity contribution in [3.8, 4) is 0 Å². The Morgan fingerprint density at radius 2 is 2.00 bits per heavy atom. The summed E-state index contributed by atoms with van der Waals surface area (Å²) in [5.74, 6) is -0.164. The highest BCUT2D eigenvalue weighted by Crippen LogP contribution is 2.32. The van der Waals surface area contributed by atoms with Crippen molar-refractivity contribution in [3.05, 3.63) is 65.7 Å². The van der Waals surface area contributed by atoms with Gasteiger partial charge in [-0.15, -0.1) is 0 Å². The van der Waals surface area contributed by atoms with Crippen molar-refractivity contribution < 1.29 is 4.39 Å². The Bertz CT molecular complexity index is 524. The van der Waals surface area contributed by atoms with Gasteiger partial charge in [0, 0.05) is 37.4 Å². The summed E-state index contributed by atoms with van der Waals surface area (Å²) in [5, 5.41) is 0. The lowest BCUT2D eigenvalue weighted by molar-refractivity contribution is 0.0921. The molecule has 1 aromatic carbocycles. The van der Waals surface area contributed by atoms with Crippen LogP contribution in [0.1, 0.15) is 23.7 Å². The summed E-state index contributed by atoms with van der Waals surface area (Å²) >= 11 is 0. The molecule has 19 heavy (non-hydrogen) atoms. The summed E-state index contributed by atoms with van der Waals surface area (Å²) in [5.41, 5.74) is 2.35. The smallest absolute Gasteiger partial charge is 0.123 e. The van der Waals surface area contributed by atoms with E-state index in [4.69, 9.17) is 0 Å². The van der Waals surface area contributed by atoms with E-state index in [-0.39, 0.29) is 5.82 Å². The zero-order chi connectivity index (χ0) is 13.1. The lowest BCUT2D eigenvalue weighted by atomic mass is 9.94. The lowest BCUT2D eigenvalue weighted by Gasteiger charge is -2.41. The third-order valence-corrected chi connectivity index (χ3v) is 3.77. The number of hydrogen-bond acceptors (Lipinski definition) is 2. The molecule has 0 N–H and O–H groups in total. The molecule has 98 valence electrons. The Morgan fingerprint density at radius 3 is 2.63 bits per heavy atom. The van der Waals surface area contributed by atoms with Crippen LogP contribution in [-0.4, -0.2) is 23.0 Å². The van der Waals surface area contributed by atoms with Crippen LogP contribution in [0.2, 0.25) is 0 Å². The first-order valence-electron chi connectivity index (χ1n) is 6.72. The van der Waals surface area contributed by atoms with E-state index in [0.717, 1.165) is 31.6 Å². The number of pyridine rings is 1. The quantitative estimate of drug-likeness (QED) is 0.835. The van der Waals surface area contributed by atoms with Crippen molar-refractivity contribution in [1.82, 2.24) is 9.88 Å². The maximum Gasteiger partial charge on any atom is 0.123 e. The summed E-state index contributed by atoms with van der Waals surface area (Å²) < 4.78 is 12.9. The van der Waals surface area contributed by atoms with E-state index in [1.807, 2.05) is 30.5 Å². The third-order valence-electron chi connectivity index (χ3n) is 3.77. The summed E-state index contributed by atoms with van der Waals surface area (Å²) in [6.07, 6.45) is 3.97. The van der Waals surface area contributed by atoms with E-state index in [2.05, 4.69) is 16.0 Å². The fourth-order valence-corrected chi connectivity index (χ4v) is 2.57. The van der Waals surface area contributed by atoms with E-state index in [1.54, 1.807) is 12.1 Å². The molecule has 2 nitrogen and oxygen atoms in total. The van der Waals surface area contributed by atoms with Gasteiger partial charge in [0.2, 0.25) is 0 Å². The van der Waals surface area contributed by atoms with Crippen LogP contribution in [0, 0.1) is 5.82 Å². The minimum Gasteiger partial charge on any atom is -0.296 e. The topological polar surface area (TPSA) is 16.1 Å². The molecule has 2 heterocycles. The Hall–Kier alpha value is -1.74. The number of hydrogen-bond donors (Lipinski definition) is 0. The number of rotatable bonds is 4. The van der Waals surface area contributed by atoms with Gasteiger partial charge in [-0.05, 0) is 36.2 Å². The largest absolute Gasteiger partial charge is 0.296 e. The number of halogens is 1. The van der Waals surface area contributed by atoms with Crippen LogP contribution in [-0.2, 0) is 6.42 Å². The monoisotopic (exact) mass is 256 g/mol. The van der Waals surface area contributed by atoms with Crippen LogP contribution in [0.25, 0.3) is 0 Å². The van der Waals surface area contributed by atoms with Crippen molar-refractivity contribution in [3.63, 3.8) is 0 Å². The third kappa shape index (κ3) is 2.82. The highest BCUT2D eigenvalue weighted by molar-refractivity contribution is 5.22. The normalized spacial score (nSPS) is 19.1. The van der Waals surface area contributed by atoms with Crippen molar-refractivity contribution in [2.45, 2.75) is 18.9 Å². The fourth-order valence-electron chi connectivity index (χ4n) is 2.57. The predicted molar refractivity (Wildman–Crippen MR) is 73.3 cm³/mol. The predicted octanol–water partition coefficient (Wildman–Crippen LogP) is 3.21. The molecule has 1 aliphatic rings. The van der Waals surface area contributed by atoms with Crippen LogP contribution in [0.5, 0.6) is 0 Å². The Balaban J connectivity index is 1.59. The van der Waals surface area contributed by atoms with Gasteiger partial charge in [-0.1, -0.05) is 18.2 Å². The number of aromatic nitrogens is 1. The molecule has 0 radical (unpaired) electrons. The molecule has 3 heteroatoms. The van der Waals surface area contributed by atoms with E-state index >= 15 is 0 Å². The summed E-state index contributed by atoms with van der Waals surface area (Å²) in [6, 6.07) is 13.4. The molecule has 1 fully saturated rings. The van der Waals surface area contributed by atoms with Gasteiger partial charge in [0.1, 0.15) is 5.82 Å². The molecule has 0 amide bonds. The minimum absolute atomic E-state index is 0.164.